The molecular formula is C16H16N2O3. The van der Waals surface area contributed by atoms with Gasteiger partial charge in [-0.1, -0.05) is 36.4 Å². The Kier molecular flexibility index (Phi) is 3.35. The Hall–Kier alpha value is -2.40. The molecule has 1 fully saturated rings. The minimum atomic E-state index is -1.02. The molecule has 5 heteroatoms. The van der Waals surface area contributed by atoms with Crippen molar-refractivity contribution in [3.05, 3.63) is 70.1 Å². The van der Waals surface area contributed by atoms with Gasteiger partial charge in [0.25, 0.3) is 5.91 Å². The van der Waals surface area contributed by atoms with Gasteiger partial charge in [-0.25, -0.2) is 0 Å². The van der Waals surface area contributed by atoms with E-state index in [0.29, 0.717) is 13.0 Å². The summed E-state index contributed by atoms with van der Waals surface area (Å²) >= 11 is 0. The summed E-state index contributed by atoms with van der Waals surface area (Å²) in [5, 5.41) is 10.7. The van der Waals surface area contributed by atoms with Gasteiger partial charge in [-0.05, 0) is 18.1 Å². The Morgan fingerprint density at radius 1 is 1.14 bits per heavy atom. The number of aromatic amines is 1. The number of nitrogens with one attached hydrogen (secondary N) is 1. The van der Waals surface area contributed by atoms with Crippen LogP contribution in [0.3, 0.4) is 0 Å². The van der Waals surface area contributed by atoms with Crippen LogP contribution in [0.25, 0.3) is 0 Å². The Morgan fingerprint density at radius 3 is 2.62 bits per heavy atom. The summed E-state index contributed by atoms with van der Waals surface area (Å²) < 4.78 is 0. The monoisotopic (exact) mass is 284 g/mol. The average Bonchev–Trinajstić information content (AvgIpc) is 2.91. The largest absolute Gasteiger partial charge is 0.383 e. The number of β-amino-alcohol motifs (C(OH)–C–C–N with tert-alkyl or cyclic N) is 1. The highest BCUT2D eigenvalue weighted by Crippen LogP contribution is 2.32. The number of aromatic nitrogens is 1. The molecule has 0 spiro atoms. The van der Waals surface area contributed by atoms with Crippen LogP contribution in [-0.2, 0) is 5.60 Å². The van der Waals surface area contributed by atoms with Crippen LogP contribution >= 0.6 is 0 Å². The molecule has 1 saturated heterocycles. The van der Waals surface area contributed by atoms with E-state index in [4.69, 9.17) is 0 Å². The maximum Gasteiger partial charge on any atom is 0.270 e. The molecule has 0 bridgehead atoms. The third-order valence-electron chi connectivity index (χ3n) is 3.84. The van der Waals surface area contributed by atoms with Gasteiger partial charge in [-0.15, -0.1) is 0 Å². The minimum absolute atomic E-state index is 0.229. The molecule has 3 rings (SSSR count). The maximum absolute atomic E-state index is 12.4. The summed E-state index contributed by atoms with van der Waals surface area (Å²) in [6.45, 7) is 0.688. The summed E-state index contributed by atoms with van der Waals surface area (Å²) in [6.07, 6.45) is 0.486. The second kappa shape index (κ2) is 5.18. The number of benzene rings is 1. The van der Waals surface area contributed by atoms with Crippen LogP contribution in [0, 0.1) is 0 Å². The van der Waals surface area contributed by atoms with Crippen LogP contribution in [0.1, 0.15) is 22.5 Å². The van der Waals surface area contributed by atoms with Crippen molar-refractivity contribution in [2.75, 3.05) is 13.1 Å². The van der Waals surface area contributed by atoms with Crippen LogP contribution < -0.4 is 5.56 Å². The Balaban J connectivity index is 1.81. The van der Waals surface area contributed by atoms with Crippen molar-refractivity contribution in [3.8, 4) is 0 Å². The van der Waals surface area contributed by atoms with Gasteiger partial charge >= 0.3 is 0 Å². The van der Waals surface area contributed by atoms with Gasteiger partial charge in [0, 0.05) is 12.6 Å². The number of rotatable bonds is 2. The molecule has 0 radical (unpaired) electrons. The van der Waals surface area contributed by atoms with E-state index in [-0.39, 0.29) is 23.7 Å². The van der Waals surface area contributed by atoms with E-state index in [0.717, 1.165) is 5.56 Å². The van der Waals surface area contributed by atoms with E-state index >= 15 is 0 Å². The summed E-state index contributed by atoms with van der Waals surface area (Å²) in [6, 6.07) is 13.8. The van der Waals surface area contributed by atoms with Gasteiger partial charge in [-0.3, -0.25) is 9.59 Å². The molecule has 1 aliphatic heterocycles. The first-order chi connectivity index (χ1) is 10.1. The van der Waals surface area contributed by atoms with E-state index in [1.165, 1.54) is 6.07 Å². The van der Waals surface area contributed by atoms with E-state index in [1.54, 1.807) is 17.0 Å². The lowest BCUT2D eigenvalue weighted by Gasteiger charge is -2.23. The number of likely N-dealkylation sites (tertiary alicyclic amines) is 1. The van der Waals surface area contributed by atoms with E-state index < -0.39 is 5.60 Å². The lowest BCUT2D eigenvalue weighted by Crippen LogP contribution is -2.35. The van der Waals surface area contributed by atoms with Crippen LogP contribution in [0.15, 0.2) is 53.3 Å². The number of H-pyrrole nitrogens is 1. The molecule has 1 aromatic heterocycles. The van der Waals surface area contributed by atoms with Crippen molar-refractivity contribution in [1.29, 1.82) is 0 Å². The van der Waals surface area contributed by atoms with Crippen molar-refractivity contribution >= 4 is 5.91 Å². The van der Waals surface area contributed by atoms with Gasteiger partial charge < -0.3 is 15.0 Å². The van der Waals surface area contributed by atoms with Crippen LogP contribution in [0.5, 0.6) is 0 Å². The highest BCUT2D eigenvalue weighted by molar-refractivity contribution is 5.92. The zero-order chi connectivity index (χ0) is 14.9. The second-order valence-corrected chi connectivity index (χ2v) is 5.30. The fraction of sp³-hybridized carbons (Fsp3) is 0.250. The van der Waals surface area contributed by atoms with E-state index in [9.17, 15) is 14.7 Å². The molecule has 0 unspecified atom stereocenters. The maximum atomic E-state index is 12.4. The van der Waals surface area contributed by atoms with Gasteiger partial charge in [0.15, 0.2) is 0 Å². The second-order valence-electron chi connectivity index (χ2n) is 5.30. The summed E-state index contributed by atoms with van der Waals surface area (Å²) in [5.74, 6) is -0.264. The highest BCUT2D eigenvalue weighted by Gasteiger charge is 2.39. The predicted octanol–water partition coefficient (Wildman–Crippen LogP) is 1.11. The van der Waals surface area contributed by atoms with Crippen molar-refractivity contribution in [2.24, 2.45) is 0 Å². The molecule has 1 aliphatic rings. The van der Waals surface area contributed by atoms with E-state index in [1.807, 2.05) is 30.3 Å². The zero-order valence-electron chi connectivity index (χ0n) is 11.5. The summed E-state index contributed by atoms with van der Waals surface area (Å²) in [5.41, 5.74) is -0.272. The number of nitrogens with zero attached hydrogens (tertiary/aromatic N) is 1. The summed E-state index contributed by atoms with van der Waals surface area (Å²) in [4.78, 5) is 27.7. The number of carbonyl (C=O) groups excluding carboxylic acids is 1. The van der Waals surface area contributed by atoms with Crippen LogP contribution in [0.4, 0.5) is 0 Å². The predicted molar refractivity (Wildman–Crippen MR) is 77.9 cm³/mol. The molecule has 2 heterocycles. The van der Waals surface area contributed by atoms with E-state index in [2.05, 4.69) is 4.98 Å². The molecular weight excluding hydrogens is 268 g/mol. The Bertz CT molecular complexity index is 711. The minimum Gasteiger partial charge on any atom is -0.383 e. The number of carbonyl (C=O) groups is 1. The smallest absolute Gasteiger partial charge is 0.270 e. The third kappa shape index (κ3) is 2.60. The lowest BCUT2D eigenvalue weighted by atomic mass is 9.93. The third-order valence-corrected chi connectivity index (χ3v) is 3.84. The molecule has 5 nitrogen and oxygen atoms in total. The number of pyridine rings is 1. The molecule has 21 heavy (non-hydrogen) atoms. The van der Waals surface area contributed by atoms with Gasteiger partial charge in [0.05, 0.1) is 6.54 Å². The first kappa shape index (κ1) is 13.6. The molecule has 2 N–H and O–H groups in total. The number of hydrogen-bond donors (Lipinski definition) is 2. The zero-order valence-corrected chi connectivity index (χ0v) is 11.5. The van der Waals surface area contributed by atoms with Crippen LogP contribution in [0.2, 0.25) is 0 Å². The van der Waals surface area contributed by atoms with Gasteiger partial charge in [0.1, 0.15) is 11.3 Å². The molecule has 2 aromatic rings. The molecule has 0 aliphatic carbocycles. The highest BCUT2D eigenvalue weighted by atomic mass is 16.3. The SMILES string of the molecule is O=C(c1cccc(=O)[nH]1)N1CC[C@](O)(c2ccccc2)C1. The molecule has 108 valence electrons. The van der Waals surface area contributed by atoms with Gasteiger partial charge in [-0.2, -0.15) is 0 Å². The molecule has 1 aromatic carbocycles. The molecule has 1 atom stereocenters. The fourth-order valence-corrected chi connectivity index (χ4v) is 2.69. The Morgan fingerprint density at radius 2 is 1.90 bits per heavy atom. The van der Waals surface area contributed by atoms with Gasteiger partial charge in [0.2, 0.25) is 5.56 Å². The average molecular weight is 284 g/mol. The van der Waals surface area contributed by atoms with Crippen molar-refractivity contribution in [2.45, 2.75) is 12.0 Å². The first-order valence-corrected chi connectivity index (χ1v) is 6.85. The number of hydrogen-bond acceptors (Lipinski definition) is 3. The topological polar surface area (TPSA) is 73.4 Å². The van der Waals surface area contributed by atoms with Crippen molar-refractivity contribution in [1.82, 2.24) is 9.88 Å². The fourth-order valence-electron chi connectivity index (χ4n) is 2.69. The van der Waals surface area contributed by atoms with Crippen molar-refractivity contribution < 1.29 is 9.90 Å². The number of amides is 1. The lowest BCUT2D eigenvalue weighted by molar-refractivity contribution is 0.0415. The standard InChI is InChI=1S/C16H16N2O3/c19-14-8-4-7-13(17-14)15(20)18-10-9-16(21,11-18)12-5-2-1-3-6-12/h1-8,21H,9-11H2,(H,17,19)/t16-/m1/s1. The Labute approximate surface area is 121 Å². The van der Waals surface area contributed by atoms with Crippen LogP contribution in [-0.4, -0.2) is 34.0 Å². The summed E-state index contributed by atoms with van der Waals surface area (Å²) in [7, 11) is 0. The number of aliphatic hydroxyl groups is 1. The quantitative estimate of drug-likeness (QED) is 0.867. The normalized spacial score (nSPS) is 21.5. The van der Waals surface area contributed by atoms with Crippen molar-refractivity contribution in [3.63, 3.8) is 0 Å². The first-order valence-electron chi connectivity index (χ1n) is 6.85. The molecule has 0 saturated carbocycles. The molecule has 1 amide bonds.